The summed E-state index contributed by atoms with van der Waals surface area (Å²) in [6.45, 7) is 4.41. The molecule has 2 aromatic rings. The number of fused-ring (bicyclic) bond motifs is 1. The van der Waals surface area contributed by atoms with Crippen LogP contribution in [-0.2, 0) is 4.74 Å². The normalized spacial score (nSPS) is 13.2. The lowest BCUT2D eigenvalue weighted by Crippen LogP contribution is -2.40. The van der Waals surface area contributed by atoms with Crippen molar-refractivity contribution in [1.29, 1.82) is 0 Å². The summed E-state index contributed by atoms with van der Waals surface area (Å²) in [6, 6.07) is 7.93. The molecule has 0 radical (unpaired) electrons. The Morgan fingerprint density at radius 1 is 1.45 bits per heavy atom. The molecule has 1 aromatic carbocycles. The number of thiocarbonyl (C=S) groups is 1. The van der Waals surface area contributed by atoms with Crippen LogP contribution in [0, 0.1) is 0 Å². The maximum Gasteiger partial charge on any atom is 0.187 e. The minimum atomic E-state index is 0.115. The minimum Gasteiger partial charge on any atom is -0.455 e. The largest absolute Gasteiger partial charge is 0.455 e. The van der Waals surface area contributed by atoms with E-state index in [1.165, 1.54) is 0 Å². The number of hydrogen-bond acceptors (Lipinski definition) is 4. The third-order valence-electron chi connectivity index (χ3n) is 2.95. The molecule has 0 saturated heterocycles. The summed E-state index contributed by atoms with van der Waals surface area (Å²) in [5.74, 6) is 0.702. The first-order chi connectivity index (χ1) is 10.5. The molecule has 118 valence electrons. The summed E-state index contributed by atoms with van der Waals surface area (Å²) >= 11 is 8.62. The van der Waals surface area contributed by atoms with Crippen LogP contribution in [0.2, 0.25) is 0 Å². The zero-order valence-corrected chi connectivity index (χ0v) is 15.0. The van der Waals surface area contributed by atoms with Gasteiger partial charge < -0.3 is 14.5 Å². The SMILES string of the molecule is COC[C@@H](C)NC(=S)N/N=C(/C)c1cc2cc(Br)ccc2o1. The van der Waals surface area contributed by atoms with E-state index in [2.05, 4.69) is 31.8 Å². The molecule has 1 aromatic heterocycles. The quantitative estimate of drug-likeness (QED) is 0.470. The molecule has 5 nitrogen and oxygen atoms in total. The Bertz CT molecular complexity index is 699. The second-order valence-electron chi connectivity index (χ2n) is 4.93. The van der Waals surface area contributed by atoms with Crippen molar-refractivity contribution in [3.8, 4) is 0 Å². The number of ether oxygens (including phenoxy) is 1. The van der Waals surface area contributed by atoms with Gasteiger partial charge in [-0.15, -0.1) is 0 Å². The molecule has 7 heteroatoms. The van der Waals surface area contributed by atoms with E-state index in [4.69, 9.17) is 21.4 Å². The lowest BCUT2D eigenvalue weighted by atomic mass is 10.2. The van der Waals surface area contributed by atoms with Crippen LogP contribution in [-0.4, -0.2) is 30.6 Å². The predicted octanol–water partition coefficient (Wildman–Crippen LogP) is 3.42. The maximum absolute atomic E-state index is 5.76. The molecule has 22 heavy (non-hydrogen) atoms. The highest BCUT2D eigenvalue weighted by Gasteiger charge is 2.08. The molecule has 0 fully saturated rings. The maximum atomic E-state index is 5.76. The predicted molar refractivity (Wildman–Crippen MR) is 96.3 cm³/mol. The molecule has 0 aliphatic carbocycles. The molecule has 0 aliphatic heterocycles. The molecule has 1 heterocycles. The third-order valence-corrected chi connectivity index (χ3v) is 3.66. The topological polar surface area (TPSA) is 58.8 Å². The van der Waals surface area contributed by atoms with Gasteiger partial charge in [-0.25, -0.2) is 0 Å². The second-order valence-corrected chi connectivity index (χ2v) is 6.26. The van der Waals surface area contributed by atoms with E-state index in [9.17, 15) is 0 Å². The van der Waals surface area contributed by atoms with Gasteiger partial charge >= 0.3 is 0 Å². The van der Waals surface area contributed by atoms with E-state index >= 15 is 0 Å². The molecule has 0 amide bonds. The highest BCUT2D eigenvalue weighted by atomic mass is 79.9. The number of furan rings is 1. The fourth-order valence-corrected chi connectivity index (χ4v) is 2.56. The number of halogens is 1. The zero-order valence-electron chi connectivity index (χ0n) is 12.6. The highest BCUT2D eigenvalue weighted by molar-refractivity contribution is 9.10. The summed E-state index contributed by atoms with van der Waals surface area (Å²) in [5, 5.41) is 8.78. The van der Waals surface area contributed by atoms with Crippen LogP contribution in [0.15, 0.2) is 38.3 Å². The van der Waals surface area contributed by atoms with Gasteiger partial charge in [0.1, 0.15) is 11.3 Å². The lowest BCUT2D eigenvalue weighted by Gasteiger charge is -2.14. The number of rotatable bonds is 5. The molecule has 0 bridgehead atoms. The second kappa shape index (κ2) is 7.71. The molecule has 1 atom stereocenters. The van der Waals surface area contributed by atoms with E-state index in [1.54, 1.807) is 7.11 Å². The van der Waals surface area contributed by atoms with Crippen LogP contribution in [0.3, 0.4) is 0 Å². The van der Waals surface area contributed by atoms with Crippen molar-refractivity contribution in [2.24, 2.45) is 5.10 Å². The van der Waals surface area contributed by atoms with Crippen LogP contribution in [0.25, 0.3) is 11.0 Å². The monoisotopic (exact) mass is 383 g/mol. The third kappa shape index (κ3) is 4.53. The van der Waals surface area contributed by atoms with Gasteiger partial charge in [-0.05, 0) is 50.3 Å². The van der Waals surface area contributed by atoms with E-state index in [-0.39, 0.29) is 6.04 Å². The smallest absolute Gasteiger partial charge is 0.187 e. The van der Waals surface area contributed by atoms with E-state index in [1.807, 2.05) is 38.1 Å². The summed E-state index contributed by atoms with van der Waals surface area (Å²) in [7, 11) is 1.65. The lowest BCUT2D eigenvalue weighted by molar-refractivity contribution is 0.179. The van der Waals surface area contributed by atoms with Crippen molar-refractivity contribution in [2.75, 3.05) is 13.7 Å². The highest BCUT2D eigenvalue weighted by Crippen LogP contribution is 2.23. The van der Waals surface area contributed by atoms with E-state index in [0.29, 0.717) is 17.5 Å². The van der Waals surface area contributed by atoms with Crippen molar-refractivity contribution >= 4 is 49.9 Å². The summed E-state index contributed by atoms with van der Waals surface area (Å²) in [6.07, 6.45) is 0. The Kier molecular flexibility index (Phi) is 5.93. The Labute approximate surface area is 143 Å². The van der Waals surface area contributed by atoms with Crippen LogP contribution < -0.4 is 10.7 Å². The Hall–Kier alpha value is -1.44. The van der Waals surface area contributed by atoms with Gasteiger partial charge in [0.25, 0.3) is 0 Å². The fourth-order valence-electron chi connectivity index (χ4n) is 1.93. The first-order valence-electron chi connectivity index (χ1n) is 6.79. The van der Waals surface area contributed by atoms with Gasteiger partial charge in [-0.3, -0.25) is 5.43 Å². The molecular weight excluding hydrogens is 366 g/mol. The van der Waals surface area contributed by atoms with Crippen molar-refractivity contribution < 1.29 is 9.15 Å². The number of nitrogens with one attached hydrogen (secondary N) is 2. The van der Waals surface area contributed by atoms with Gasteiger partial charge in [-0.2, -0.15) is 5.10 Å². The number of benzene rings is 1. The van der Waals surface area contributed by atoms with Crippen LogP contribution in [0.5, 0.6) is 0 Å². The van der Waals surface area contributed by atoms with Crippen LogP contribution >= 0.6 is 28.1 Å². The van der Waals surface area contributed by atoms with Gasteiger partial charge in [0.15, 0.2) is 10.9 Å². The number of hydrazone groups is 1. The Morgan fingerprint density at radius 3 is 2.95 bits per heavy atom. The van der Waals surface area contributed by atoms with Gasteiger partial charge in [0, 0.05) is 23.0 Å². The Balaban J connectivity index is 2.02. The van der Waals surface area contributed by atoms with Crippen molar-refractivity contribution in [3.05, 3.63) is 34.5 Å². The van der Waals surface area contributed by atoms with Gasteiger partial charge in [-0.1, -0.05) is 15.9 Å². The molecule has 0 spiro atoms. The molecule has 0 saturated carbocycles. The Morgan fingerprint density at radius 2 is 2.23 bits per heavy atom. The van der Waals surface area contributed by atoms with Gasteiger partial charge in [0.05, 0.1) is 6.61 Å². The number of methoxy groups -OCH3 is 1. The van der Waals surface area contributed by atoms with Crippen LogP contribution in [0.1, 0.15) is 19.6 Å². The fraction of sp³-hybridized carbons (Fsp3) is 0.333. The van der Waals surface area contributed by atoms with E-state index in [0.717, 1.165) is 21.2 Å². The first kappa shape index (κ1) is 16.9. The summed E-state index contributed by atoms with van der Waals surface area (Å²) in [5.41, 5.74) is 4.35. The molecule has 2 N–H and O–H groups in total. The zero-order chi connectivity index (χ0) is 16.1. The average molecular weight is 384 g/mol. The molecule has 0 aliphatic rings. The standard InChI is InChI=1S/C15H18BrN3O2S/c1-9(8-20-3)17-15(22)19-18-10(2)14-7-11-6-12(16)4-5-13(11)21-14/h4-7,9H,8H2,1-3H3,(H2,17,19,22)/b18-10-/t9-/m1/s1. The van der Waals surface area contributed by atoms with Crippen molar-refractivity contribution in [1.82, 2.24) is 10.7 Å². The van der Waals surface area contributed by atoms with Crippen LogP contribution in [0.4, 0.5) is 0 Å². The number of nitrogens with zero attached hydrogens (tertiary/aromatic N) is 1. The molecular formula is C15H18BrN3O2S. The van der Waals surface area contributed by atoms with Crippen molar-refractivity contribution in [2.45, 2.75) is 19.9 Å². The number of hydrogen-bond donors (Lipinski definition) is 2. The average Bonchev–Trinajstić information content (AvgIpc) is 2.88. The molecule has 2 rings (SSSR count). The van der Waals surface area contributed by atoms with Crippen molar-refractivity contribution in [3.63, 3.8) is 0 Å². The first-order valence-corrected chi connectivity index (χ1v) is 7.99. The minimum absolute atomic E-state index is 0.115. The summed E-state index contributed by atoms with van der Waals surface area (Å²) in [4.78, 5) is 0. The summed E-state index contributed by atoms with van der Waals surface area (Å²) < 4.78 is 11.8. The van der Waals surface area contributed by atoms with Gasteiger partial charge in [0.2, 0.25) is 0 Å². The molecule has 0 unspecified atom stereocenters. The van der Waals surface area contributed by atoms with E-state index < -0.39 is 0 Å².